The Morgan fingerprint density at radius 1 is 1.21 bits per heavy atom. The highest BCUT2D eigenvalue weighted by molar-refractivity contribution is 5.94. The van der Waals surface area contributed by atoms with E-state index in [0.717, 1.165) is 5.56 Å². The Morgan fingerprint density at radius 2 is 2.03 bits per heavy atom. The zero-order chi connectivity index (χ0) is 20.2. The first-order valence-corrected chi connectivity index (χ1v) is 8.79. The number of carbonyl (C=O) groups excluding carboxylic acids is 1. The van der Waals surface area contributed by atoms with Gasteiger partial charge in [-0.2, -0.15) is 0 Å². The number of benzene rings is 2. The molecule has 0 aliphatic carbocycles. The Labute approximate surface area is 165 Å². The van der Waals surface area contributed by atoms with Gasteiger partial charge in [0, 0.05) is 24.2 Å². The number of anilines is 1. The number of imidazole rings is 1. The monoisotopic (exact) mass is 392 g/mol. The highest BCUT2D eigenvalue weighted by atomic mass is 19.1. The SMILES string of the molecule is COc1ccc(-c2cn3cccnc3n2)cc1NC(=O)COc1ccc(F)cc1. The van der Waals surface area contributed by atoms with Crippen LogP contribution in [-0.2, 0) is 4.79 Å². The fraction of sp³-hybridized carbons (Fsp3) is 0.0952. The molecule has 0 atom stereocenters. The summed E-state index contributed by atoms with van der Waals surface area (Å²) in [4.78, 5) is 21.0. The van der Waals surface area contributed by atoms with Crippen LogP contribution >= 0.6 is 0 Å². The van der Waals surface area contributed by atoms with Crippen LogP contribution < -0.4 is 14.8 Å². The Hall–Kier alpha value is -3.94. The average molecular weight is 392 g/mol. The van der Waals surface area contributed by atoms with Crippen LogP contribution in [0.4, 0.5) is 10.1 Å². The molecule has 2 aromatic heterocycles. The van der Waals surface area contributed by atoms with Gasteiger partial charge in [-0.1, -0.05) is 0 Å². The van der Waals surface area contributed by atoms with E-state index in [2.05, 4.69) is 15.3 Å². The molecule has 2 aromatic carbocycles. The van der Waals surface area contributed by atoms with Crippen molar-refractivity contribution in [1.29, 1.82) is 0 Å². The van der Waals surface area contributed by atoms with Crippen molar-refractivity contribution in [2.24, 2.45) is 0 Å². The molecule has 4 aromatic rings. The number of rotatable bonds is 6. The third-order valence-electron chi connectivity index (χ3n) is 4.19. The first-order chi connectivity index (χ1) is 14.1. The molecule has 0 saturated carbocycles. The fourth-order valence-electron chi connectivity index (χ4n) is 2.80. The van der Waals surface area contributed by atoms with E-state index in [1.165, 1.54) is 31.4 Å². The van der Waals surface area contributed by atoms with Gasteiger partial charge < -0.3 is 14.8 Å². The van der Waals surface area contributed by atoms with Crippen LogP contribution in [0.5, 0.6) is 11.5 Å². The highest BCUT2D eigenvalue weighted by Crippen LogP contribution is 2.30. The van der Waals surface area contributed by atoms with E-state index in [0.29, 0.717) is 28.7 Å². The lowest BCUT2D eigenvalue weighted by molar-refractivity contribution is -0.118. The summed E-state index contributed by atoms with van der Waals surface area (Å²) in [5.74, 6) is 0.744. The van der Waals surface area contributed by atoms with Gasteiger partial charge >= 0.3 is 0 Å². The Morgan fingerprint density at radius 3 is 2.79 bits per heavy atom. The molecule has 0 bridgehead atoms. The van der Waals surface area contributed by atoms with Crippen molar-refractivity contribution in [3.05, 3.63) is 72.9 Å². The fourth-order valence-corrected chi connectivity index (χ4v) is 2.80. The lowest BCUT2D eigenvalue weighted by Crippen LogP contribution is -2.20. The standard InChI is InChI=1S/C21H17FN4O3/c1-28-19-8-3-14(18-12-26-10-2-9-23-21(26)25-18)11-17(19)24-20(27)13-29-16-6-4-15(22)5-7-16/h2-12H,13H2,1H3,(H,24,27). The number of hydrogen-bond acceptors (Lipinski definition) is 5. The number of nitrogens with one attached hydrogen (secondary N) is 1. The molecular weight excluding hydrogens is 375 g/mol. The molecule has 0 radical (unpaired) electrons. The smallest absolute Gasteiger partial charge is 0.262 e. The molecule has 8 heteroatoms. The van der Waals surface area contributed by atoms with Gasteiger partial charge in [0.1, 0.15) is 17.3 Å². The molecular formula is C21H17FN4O3. The molecule has 4 rings (SSSR count). The van der Waals surface area contributed by atoms with Gasteiger partial charge in [-0.05, 0) is 48.5 Å². The lowest BCUT2D eigenvalue weighted by Gasteiger charge is -2.12. The van der Waals surface area contributed by atoms with Crippen molar-refractivity contribution in [3.63, 3.8) is 0 Å². The Balaban J connectivity index is 1.51. The number of nitrogens with zero attached hydrogens (tertiary/aromatic N) is 3. The minimum absolute atomic E-state index is 0.225. The number of ether oxygens (including phenoxy) is 2. The quantitative estimate of drug-likeness (QED) is 0.543. The minimum Gasteiger partial charge on any atom is -0.495 e. The first-order valence-electron chi connectivity index (χ1n) is 8.79. The number of hydrogen-bond donors (Lipinski definition) is 1. The van der Waals surface area contributed by atoms with Crippen LogP contribution in [0.3, 0.4) is 0 Å². The normalized spacial score (nSPS) is 10.7. The molecule has 0 aliphatic rings. The molecule has 29 heavy (non-hydrogen) atoms. The van der Waals surface area contributed by atoms with Crippen molar-refractivity contribution in [3.8, 4) is 22.8 Å². The van der Waals surface area contributed by atoms with Crippen molar-refractivity contribution < 1.29 is 18.7 Å². The van der Waals surface area contributed by atoms with Crippen LogP contribution in [0.25, 0.3) is 17.0 Å². The third-order valence-corrected chi connectivity index (χ3v) is 4.19. The second-order valence-electron chi connectivity index (χ2n) is 6.16. The molecule has 1 amide bonds. The second kappa shape index (κ2) is 7.97. The van der Waals surface area contributed by atoms with Crippen molar-refractivity contribution in [2.75, 3.05) is 19.0 Å². The van der Waals surface area contributed by atoms with E-state index in [-0.39, 0.29) is 18.3 Å². The molecule has 0 unspecified atom stereocenters. The zero-order valence-electron chi connectivity index (χ0n) is 15.5. The number of fused-ring (bicyclic) bond motifs is 1. The minimum atomic E-state index is -0.374. The van der Waals surface area contributed by atoms with Crippen LogP contribution in [0.1, 0.15) is 0 Å². The summed E-state index contributed by atoms with van der Waals surface area (Å²) in [5, 5.41) is 2.77. The van der Waals surface area contributed by atoms with E-state index in [4.69, 9.17) is 9.47 Å². The molecule has 146 valence electrons. The van der Waals surface area contributed by atoms with Crippen molar-refractivity contribution in [1.82, 2.24) is 14.4 Å². The number of aromatic nitrogens is 3. The average Bonchev–Trinajstić information content (AvgIpc) is 3.17. The number of halogens is 1. The van der Waals surface area contributed by atoms with E-state index < -0.39 is 0 Å². The van der Waals surface area contributed by atoms with Gasteiger partial charge in [-0.15, -0.1) is 0 Å². The number of carbonyl (C=O) groups is 1. The summed E-state index contributed by atoms with van der Waals surface area (Å²) >= 11 is 0. The maximum atomic E-state index is 12.9. The summed E-state index contributed by atoms with van der Waals surface area (Å²) in [6.07, 6.45) is 5.39. The predicted octanol–water partition coefficient (Wildman–Crippen LogP) is 3.56. The molecule has 7 nitrogen and oxygen atoms in total. The van der Waals surface area contributed by atoms with E-state index in [9.17, 15) is 9.18 Å². The maximum absolute atomic E-state index is 12.9. The molecule has 0 aliphatic heterocycles. The topological polar surface area (TPSA) is 77.8 Å². The zero-order valence-corrected chi connectivity index (χ0v) is 15.5. The molecule has 0 spiro atoms. The first kappa shape index (κ1) is 18.4. The summed E-state index contributed by atoms with van der Waals surface area (Å²) in [6, 6.07) is 12.7. The Bertz CT molecular complexity index is 1130. The lowest BCUT2D eigenvalue weighted by atomic mass is 10.1. The highest BCUT2D eigenvalue weighted by Gasteiger charge is 2.12. The van der Waals surface area contributed by atoms with E-state index >= 15 is 0 Å². The van der Waals surface area contributed by atoms with Crippen molar-refractivity contribution >= 4 is 17.4 Å². The van der Waals surface area contributed by atoms with Gasteiger partial charge in [0.15, 0.2) is 6.61 Å². The summed E-state index contributed by atoms with van der Waals surface area (Å²) in [5.41, 5.74) is 2.00. The van der Waals surface area contributed by atoms with Gasteiger partial charge in [-0.3, -0.25) is 9.20 Å². The van der Waals surface area contributed by atoms with Crippen molar-refractivity contribution in [2.45, 2.75) is 0 Å². The second-order valence-corrected chi connectivity index (χ2v) is 6.16. The van der Waals surface area contributed by atoms with Gasteiger partial charge in [0.2, 0.25) is 5.78 Å². The summed E-state index contributed by atoms with van der Waals surface area (Å²) in [7, 11) is 1.52. The molecule has 2 heterocycles. The third kappa shape index (κ3) is 4.16. The van der Waals surface area contributed by atoms with E-state index in [1.54, 1.807) is 18.3 Å². The largest absolute Gasteiger partial charge is 0.495 e. The van der Waals surface area contributed by atoms with Crippen LogP contribution in [0, 0.1) is 5.82 Å². The Kier molecular flexibility index (Phi) is 5.07. The van der Waals surface area contributed by atoms with Crippen LogP contribution in [0.15, 0.2) is 67.1 Å². The predicted molar refractivity (Wildman–Crippen MR) is 105 cm³/mol. The van der Waals surface area contributed by atoms with Crippen LogP contribution in [-0.4, -0.2) is 34.0 Å². The van der Waals surface area contributed by atoms with E-state index in [1.807, 2.05) is 28.9 Å². The molecule has 1 N–H and O–H groups in total. The molecule has 0 saturated heterocycles. The van der Waals surface area contributed by atoms with Gasteiger partial charge in [0.25, 0.3) is 5.91 Å². The summed E-state index contributed by atoms with van der Waals surface area (Å²) in [6.45, 7) is -0.225. The number of amides is 1. The van der Waals surface area contributed by atoms with Gasteiger partial charge in [-0.25, -0.2) is 14.4 Å². The number of methoxy groups -OCH3 is 1. The maximum Gasteiger partial charge on any atom is 0.262 e. The summed E-state index contributed by atoms with van der Waals surface area (Å²) < 4.78 is 25.5. The molecule has 0 fully saturated rings. The van der Waals surface area contributed by atoms with Crippen LogP contribution in [0.2, 0.25) is 0 Å². The van der Waals surface area contributed by atoms with Gasteiger partial charge in [0.05, 0.1) is 18.5 Å².